The van der Waals surface area contributed by atoms with E-state index in [4.69, 9.17) is 4.42 Å². The molecular weight excluding hydrogens is 657 g/mol. The minimum Gasteiger partial charge on any atom is -0.455 e. The molecule has 0 aliphatic rings. The predicted molar refractivity (Wildman–Crippen MR) is 228 cm³/mol. The van der Waals surface area contributed by atoms with Crippen LogP contribution in [0.2, 0.25) is 0 Å². The van der Waals surface area contributed by atoms with Gasteiger partial charge in [0.1, 0.15) is 11.2 Å². The maximum absolute atomic E-state index is 6.89. The molecule has 10 rings (SSSR count). The number of aromatic nitrogens is 1. The third-order valence-electron chi connectivity index (χ3n) is 10.9. The van der Waals surface area contributed by atoms with E-state index >= 15 is 0 Å². The molecule has 258 valence electrons. The second-order valence-corrected chi connectivity index (χ2v) is 14.4. The number of furan rings is 1. The molecule has 0 saturated heterocycles. The van der Waals surface area contributed by atoms with Gasteiger partial charge in [-0.25, -0.2) is 0 Å². The smallest absolute Gasteiger partial charge is 0.145 e. The van der Waals surface area contributed by atoms with Crippen molar-refractivity contribution in [3.8, 4) is 27.9 Å². The van der Waals surface area contributed by atoms with Gasteiger partial charge in [-0.1, -0.05) is 115 Å². The van der Waals surface area contributed by atoms with Crippen molar-refractivity contribution in [1.29, 1.82) is 0 Å². The summed E-state index contributed by atoms with van der Waals surface area (Å²) in [6.07, 6.45) is 0. The van der Waals surface area contributed by atoms with Gasteiger partial charge in [0.05, 0.1) is 27.8 Å². The first-order chi connectivity index (χ1) is 26.5. The Morgan fingerprint density at radius 3 is 1.80 bits per heavy atom. The van der Waals surface area contributed by atoms with Gasteiger partial charge in [-0.15, -0.1) is 0 Å². The Morgan fingerprint density at radius 1 is 0.481 bits per heavy atom. The molecule has 0 fully saturated rings. The van der Waals surface area contributed by atoms with Gasteiger partial charge in [-0.3, -0.25) is 0 Å². The summed E-state index contributed by atoms with van der Waals surface area (Å²) >= 11 is 0. The number of benzene rings is 8. The molecule has 2 heterocycles. The van der Waals surface area contributed by atoms with Crippen molar-refractivity contribution in [3.05, 3.63) is 193 Å². The van der Waals surface area contributed by atoms with Crippen LogP contribution < -0.4 is 4.90 Å². The molecule has 0 radical (unpaired) electrons. The topological polar surface area (TPSA) is 21.3 Å². The van der Waals surface area contributed by atoms with Crippen molar-refractivity contribution in [2.24, 2.45) is 0 Å². The molecule has 3 nitrogen and oxygen atoms in total. The van der Waals surface area contributed by atoms with E-state index in [2.05, 4.69) is 206 Å². The van der Waals surface area contributed by atoms with Crippen LogP contribution in [-0.4, -0.2) is 4.57 Å². The van der Waals surface area contributed by atoms with Crippen molar-refractivity contribution < 1.29 is 4.42 Å². The number of rotatable bonds is 6. The normalized spacial score (nSPS) is 11.6. The standard InChI is InChI=1S/C51H38N2O/c1-33-24-26-39(27-25-33)53(50-34(2)30-38(31-35(50)3)36-14-5-4-6-15-36)47-29-28-41(51-49(47)44-20-9-12-23-48(44)54-51)37-16-13-17-40(32-37)52-45-21-10-7-18-42(45)43-19-8-11-22-46(43)52/h4-32H,1-3H3. The second kappa shape index (κ2) is 12.7. The molecule has 0 aliphatic heterocycles. The molecule has 0 N–H and O–H groups in total. The fourth-order valence-corrected chi connectivity index (χ4v) is 8.43. The first-order valence-electron chi connectivity index (χ1n) is 18.6. The first kappa shape index (κ1) is 31.9. The Kier molecular flexibility index (Phi) is 7.48. The average Bonchev–Trinajstić information content (AvgIpc) is 3.77. The van der Waals surface area contributed by atoms with Crippen molar-refractivity contribution >= 4 is 60.8 Å². The van der Waals surface area contributed by atoms with Crippen molar-refractivity contribution in [2.75, 3.05) is 4.90 Å². The van der Waals surface area contributed by atoms with Gasteiger partial charge in [-0.2, -0.15) is 0 Å². The zero-order chi connectivity index (χ0) is 36.3. The predicted octanol–water partition coefficient (Wildman–Crippen LogP) is 14.4. The lowest BCUT2D eigenvalue weighted by Gasteiger charge is -2.30. The van der Waals surface area contributed by atoms with Gasteiger partial charge in [-0.05, 0) is 115 Å². The van der Waals surface area contributed by atoms with Crippen LogP contribution in [0.15, 0.2) is 180 Å². The summed E-state index contributed by atoms with van der Waals surface area (Å²) in [5, 5.41) is 4.69. The van der Waals surface area contributed by atoms with E-state index in [1.165, 1.54) is 55.3 Å². The molecule has 0 bridgehead atoms. The quantitative estimate of drug-likeness (QED) is 0.173. The van der Waals surface area contributed by atoms with E-state index in [1.54, 1.807) is 0 Å². The molecule has 0 aliphatic carbocycles. The Hall–Kier alpha value is -6.84. The van der Waals surface area contributed by atoms with Gasteiger partial charge in [0.25, 0.3) is 0 Å². The molecule has 2 aromatic heterocycles. The fourth-order valence-electron chi connectivity index (χ4n) is 8.43. The number of hydrogen-bond acceptors (Lipinski definition) is 2. The number of hydrogen-bond donors (Lipinski definition) is 0. The van der Waals surface area contributed by atoms with Gasteiger partial charge in [0.2, 0.25) is 0 Å². The number of fused-ring (bicyclic) bond motifs is 6. The Labute approximate surface area is 315 Å². The zero-order valence-electron chi connectivity index (χ0n) is 30.5. The monoisotopic (exact) mass is 694 g/mol. The minimum absolute atomic E-state index is 0.872. The van der Waals surface area contributed by atoms with Crippen LogP contribution in [0.5, 0.6) is 0 Å². The molecule has 0 spiro atoms. The molecule has 10 aromatic rings. The highest BCUT2D eigenvalue weighted by molar-refractivity contribution is 6.17. The van der Waals surface area contributed by atoms with Crippen molar-refractivity contribution in [3.63, 3.8) is 0 Å². The van der Waals surface area contributed by atoms with Crippen LogP contribution in [0.25, 0.3) is 71.7 Å². The highest BCUT2D eigenvalue weighted by Crippen LogP contribution is 2.48. The van der Waals surface area contributed by atoms with Gasteiger partial charge in [0, 0.05) is 33.1 Å². The molecule has 8 aromatic carbocycles. The number of aryl methyl sites for hydroxylation is 3. The lowest BCUT2D eigenvalue weighted by Crippen LogP contribution is -2.13. The second-order valence-electron chi connectivity index (χ2n) is 14.4. The van der Waals surface area contributed by atoms with Crippen molar-refractivity contribution in [1.82, 2.24) is 4.57 Å². The van der Waals surface area contributed by atoms with Crippen LogP contribution in [-0.2, 0) is 0 Å². The SMILES string of the molecule is Cc1ccc(N(c2c(C)cc(-c3ccccc3)cc2C)c2ccc(-c3cccc(-n4c5ccccc5c5ccccc54)c3)c3oc4ccccc4c23)cc1. The number of nitrogens with zero attached hydrogens (tertiary/aromatic N) is 2. The molecular formula is C51H38N2O. The maximum atomic E-state index is 6.89. The van der Waals surface area contributed by atoms with Crippen LogP contribution in [0.4, 0.5) is 17.1 Å². The third-order valence-corrected chi connectivity index (χ3v) is 10.9. The highest BCUT2D eigenvalue weighted by atomic mass is 16.3. The lowest BCUT2D eigenvalue weighted by molar-refractivity contribution is 0.670. The summed E-state index contributed by atoms with van der Waals surface area (Å²) in [6, 6.07) is 63.3. The van der Waals surface area contributed by atoms with E-state index in [9.17, 15) is 0 Å². The van der Waals surface area contributed by atoms with Crippen LogP contribution in [0.3, 0.4) is 0 Å². The average molecular weight is 695 g/mol. The summed E-state index contributed by atoms with van der Waals surface area (Å²) in [4.78, 5) is 2.43. The zero-order valence-corrected chi connectivity index (χ0v) is 30.5. The minimum atomic E-state index is 0.872. The molecule has 0 amide bonds. The molecule has 0 saturated carbocycles. The Morgan fingerprint density at radius 2 is 1.09 bits per heavy atom. The lowest BCUT2D eigenvalue weighted by atomic mass is 9.96. The maximum Gasteiger partial charge on any atom is 0.145 e. The molecule has 54 heavy (non-hydrogen) atoms. The molecule has 0 unspecified atom stereocenters. The van der Waals surface area contributed by atoms with E-state index in [0.717, 1.165) is 50.1 Å². The van der Waals surface area contributed by atoms with E-state index < -0.39 is 0 Å². The fraction of sp³-hybridized carbons (Fsp3) is 0.0588. The molecule has 3 heteroatoms. The van der Waals surface area contributed by atoms with Crippen LogP contribution in [0.1, 0.15) is 16.7 Å². The van der Waals surface area contributed by atoms with E-state index in [1.807, 2.05) is 0 Å². The van der Waals surface area contributed by atoms with Gasteiger partial charge in [0.15, 0.2) is 0 Å². The van der Waals surface area contributed by atoms with Crippen molar-refractivity contribution in [2.45, 2.75) is 20.8 Å². The third kappa shape index (κ3) is 5.12. The summed E-state index contributed by atoms with van der Waals surface area (Å²) in [7, 11) is 0. The number of anilines is 3. The van der Waals surface area contributed by atoms with E-state index in [-0.39, 0.29) is 0 Å². The highest BCUT2D eigenvalue weighted by Gasteiger charge is 2.25. The summed E-state index contributed by atoms with van der Waals surface area (Å²) < 4.78 is 9.27. The van der Waals surface area contributed by atoms with Crippen LogP contribution in [0, 0.1) is 20.8 Å². The first-order valence-corrected chi connectivity index (χ1v) is 18.6. The van der Waals surface area contributed by atoms with E-state index in [0.29, 0.717) is 0 Å². The van der Waals surface area contributed by atoms with Gasteiger partial charge >= 0.3 is 0 Å². The largest absolute Gasteiger partial charge is 0.455 e. The summed E-state index contributed by atoms with van der Waals surface area (Å²) in [5.74, 6) is 0. The van der Waals surface area contributed by atoms with Crippen LogP contribution >= 0.6 is 0 Å². The molecule has 0 atom stereocenters. The summed E-state index contributed by atoms with van der Waals surface area (Å²) in [6.45, 7) is 6.60. The van der Waals surface area contributed by atoms with Gasteiger partial charge < -0.3 is 13.9 Å². The number of para-hydroxylation sites is 3. The Bertz CT molecular complexity index is 2940. The Balaban J connectivity index is 1.21. The summed E-state index contributed by atoms with van der Waals surface area (Å²) in [5.41, 5.74) is 16.8.